The molecule has 0 bridgehead atoms. The van der Waals surface area contributed by atoms with Gasteiger partial charge in [-0.3, -0.25) is 4.90 Å². The van der Waals surface area contributed by atoms with Crippen molar-refractivity contribution in [1.82, 2.24) is 4.90 Å². The van der Waals surface area contributed by atoms with Crippen molar-refractivity contribution < 1.29 is 4.39 Å². The third-order valence-corrected chi connectivity index (χ3v) is 3.14. The Morgan fingerprint density at radius 1 is 1.24 bits per heavy atom. The van der Waals surface area contributed by atoms with Crippen LogP contribution in [0.4, 0.5) is 4.39 Å². The number of nitrogens with two attached hydrogens (primary N) is 1. The Labute approximate surface area is 104 Å². The fourth-order valence-electron chi connectivity index (χ4n) is 2.20. The van der Waals surface area contributed by atoms with Gasteiger partial charge in [0.2, 0.25) is 0 Å². The zero-order chi connectivity index (χ0) is 12.8. The van der Waals surface area contributed by atoms with Gasteiger partial charge in [0.1, 0.15) is 5.82 Å². The molecular formula is C14H23FN2. The first-order chi connectivity index (χ1) is 8.10. The normalized spacial score (nSPS) is 14.9. The predicted molar refractivity (Wildman–Crippen MR) is 70.3 cm³/mol. The van der Waals surface area contributed by atoms with E-state index in [1.54, 1.807) is 0 Å². The molecule has 1 aromatic rings. The number of benzene rings is 1. The quantitative estimate of drug-likeness (QED) is 0.825. The van der Waals surface area contributed by atoms with E-state index in [4.69, 9.17) is 5.73 Å². The molecule has 0 spiro atoms. The van der Waals surface area contributed by atoms with E-state index in [1.807, 2.05) is 12.1 Å². The van der Waals surface area contributed by atoms with Gasteiger partial charge in [0.15, 0.2) is 0 Å². The lowest BCUT2D eigenvalue weighted by Crippen LogP contribution is -2.39. The smallest absolute Gasteiger partial charge is 0.123 e. The summed E-state index contributed by atoms with van der Waals surface area (Å²) in [6, 6.07) is 6.93. The molecule has 1 aromatic carbocycles. The summed E-state index contributed by atoms with van der Waals surface area (Å²) in [5.41, 5.74) is 7.28. The Morgan fingerprint density at radius 2 is 1.82 bits per heavy atom. The van der Waals surface area contributed by atoms with E-state index < -0.39 is 0 Å². The third kappa shape index (κ3) is 3.79. The van der Waals surface area contributed by atoms with E-state index in [2.05, 4.69) is 25.8 Å². The zero-order valence-electron chi connectivity index (χ0n) is 11.0. The molecule has 96 valence electrons. The van der Waals surface area contributed by atoms with Gasteiger partial charge >= 0.3 is 0 Å². The second-order valence-electron chi connectivity index (χ2n) is 4.55. The maximum atomic E-state index is 12.9. The number of halogens is 1. The molecule has 2 N–H and O–H groups in total. The van der Waals surface area contributed by atoms with Crippen molar-refractivity contribution in [3.05, 3.63) is 35.6 Å². The zero-order valence-corrected chi connectivity index (χ0v) is 11.0. The number of rotatable bonds is 6. The van der Waals surface area contributed by atoms with E-state index in [0.717, 1.165) is 24.9 Å². The highest BCUT2D eigenvalue weighted by atomic mass is 19.1. The van der Waals surface area contributed by atoms with E-state index in [-0.39, 0.29) is 17.9 Å². The van der Waals surface area contributed by atoms with Crippen LogP contribution in [0.15, 0.2) is 24.3 Å². The van der Waals surface area contributed by atoms with Gasteiger partial charge in [-0.25, -0.2) is 4.39 Å². The molecule has 2 nitrogen and oxygen atoms in total. The maximum absolute atomic E-state index is 12.9. The highest BCUT2D eigenvalue weighted by Gasteiger charge is 2.22. The lowest BCUT2D eigenvalue weighted by molar-refractivity contribution is 0.210. The summed E-state index contributed by atoms with van der Waals surface area (Å²) in [7, 11) is 2.08. The molecule has 2 atom stereocenters. The molecule has 0 saturated carbocycles. The van der Waals surface area contributed by atoms with Crippen LogP contribution in [-0.4, -0.2) is 24.5 Å². The van der Waals surface area contributed by atoms with Crippen molar-refractivity contribution in [1.29, 1.82) is 0 Å². The third-order valence-electron chi connectivity index (χ3n) is 3.14. The monoisotopic (exact) mass is 238 g/mol. The van der Waals surface area contributed by atoms with Crippen LogP contribution in [0.1, 0.15) is 38.3 Å². The minimum Gasteiger partial charge on any atom is -0.326 e. The molecule has 0 aromatic heterocycles. The van der Waals surface area contributed by atoms with Gasteiger partial charge in [0, 0.05) is 12.1 Å². The number of likely N-dealkylation sites (N-methyl/N-ethyl adjacent to an activating group) is 1. The number of hydrogen-bond donors (Lipinski definition) is 1. The van der Waals surface area contributed by atoms with Gasteiger partial charge in [0.25, 0.3) is 0 Å². The Kier molecular flexibility index (Phi) is 5.59. The molecule has 2 unspecified atom stereocenters. The summed E-state index contributed by atoms with van der Waals surface area (Å²) in [6.45, 7) is 5.23. The van der Waals surface area contributed by atoms with E-state index in [1.165, 1.54) is 12.1 Å². The molecule has 0 radical (unpaired) electrons. The van der Waals surface area contributed by atoms with Crippen LogP contribution in [-0.2, 0) is 0 Å². The topological polar surface area (TPSA) is 29.3 Å². The van der Waals surface area contributed by atoms with Crippen LogP contribution in [0.2, 0.25) is 0 Å². The second kappa shape index (κ2) is 6.72. The maximum Gasteiger partial charge on any atom is 0.123 e. The average molecular weight is 238 g/mol. The lowest BCUT2D eigenvalue weighted by atomic mass is 9.96. The Bertz CT molecular complexity index is 323. The number of nitrogens with zero attached hydrogens (tertiary/aromatic N) is 1. The fraction of sp³-hybridized carbons (Fsp3) is 0.571. The van der Waals surface area contributed by atoms with Crippen LogP contribution >= 0.6 is 0 Å². The first-order valence-electron chi connectivity index (χ1n) is 6.31. The van der Waals surface area contributed by atoms with Crippen molar-refractivity contribution in [2.75, 3.05) is 13.6 Å². The van der Waals surface area contributed by atoms with Crippen molar-refractivity contribution in [2.24, 2.45) is 5.73 Å². The highest BCUT2D eigenvalue weighted by molar-refractivity contribution is 5.21. The van der Waals surface area contributed by atoms with Crippen LogP contribution in [0.3, 0.4) is 0 Å². The van der Waals surface area contributed by atoms with Gasteiger partial charge < -0.3 is 5.73 Å². The van der Waals surface area contributed by atoms with Crippen molar-refractivity contribution >= 4 is 0 Å². The predicted octanol–water partition coefficient (Wildman–Crippen LogP) is 2.95. The van der Waals surface area contributed by atoms with Gasteiger partial charge in [-0.05, 0) is 44.1 Å². The molecule has 0 heterocycles. The van der Waals surface area contributed by atoms with E-state index >= 15 is 0 Å². The summed E-state index contributed by atoms with van der Waals surface area (Å²) in [5.74, 6) is -0.198. The molecule has 0 aliphatic carbocycles. The highest BCUT2D eigenvalue weighted by Crippen LogP contribution is 2.24. The molecule has 3 heteroatoms. The Balaban J connectivity index is 2.93. The van der Waals surface area contributed by atoms with Gasteiger partial charge in [-0.1, -0.05) is 26.0 Å². The molecule has 1 rings (SSSR count). The molecule has 0 saturated heterocycles. The standard InChI is InChI=1S/C14H23FN2/c1-4-10-17(3)14(13(16)5-2)11-6-8-12(15)9-7-11/h6-9,13-14H,4-5,10,16H2,1-3H3. The molecule has 0 aliphatic rings. The number of hydrogen-bond acceptors (Lipinski definition) is 2. The first-order valence-corrected chi connectivity index (χ1v) is 6.31. The minimum atomic E-state index is -0.198. The fourth-order valence-corrected chi connectivity index (χ4v) is 2.20. The summed E-state index contributed by atoms with van der Waals surface area (Å²) in [4.78, 5) is 2.25. The molecule has 0 fully saturated rings. The van der Waals surface area contributed by atoms with E-state index in [0.29, 0.717) is 0 Å². The van der Waals surface area contributed by atoms with Gasteiger partial charge in [-0.2, -0.15) is 0 Å². The first kappa shape index (κ1) is 14.1. The van der Waals surface area contributed by atoms with Crippen LogP contribution in [0.5, 0.6) is 0 Å². The summed E-state index contributed by atoms with van der Waals surface area (Å²) in [6.07, 6.45) is 2.00. The van der Waals surface area contributed by atoms with Crippen LogP contribution in [0, 0.1) is 5.82 Å². The SMILES string of the molecule is CCCN(C)C(c1ccc(F)cc1)C(N)CC. The largest absolute Gasteiger partial charge is 0.326 e. The lowest BCUT2D eigenvalue weighted by Gasteiger charge is -2.32. The summed E-state index contributed by atoms with van der Waals surface area (Å²) >= 11 is 0. The molecule has 17 heavy (non-hydrogen) atoms. The van der Waals surface area contributed by atoms with Gasteiger partial charge in [-0.15, -0.1) is 0 Å². The van der Waals surface area contributed by atoms with Crippen LogP contribution < -0.4 is 5.73 Å². The average Bonchev–Trinajstić information content (AvgIpc) is 2.32. The molecule has 0 amide bonds. The molecular weight excluding hydrogens is 215 g/mol. The minimum absolute atomic E-state index is 0.0806. The second-order valence-corrected chi connectivity index (χ2v) is 4.55. The van der Waals surface area contributed by atoms with Crippen molar-refractivity contribution in [2.45, 2.75) is 38.8 Å². The van der Waals surface area contributed by atoms with Crippen molar-refractivity contribution in [3.63, 3.8) is 0 Å². The Morgan fingerprint density at radius 3 is 2.29 bits per heavy atom. The van der Waals surface area contributed by atoms with Crippen molar-refractivity contribution in [3.8, 4) is 0 Å². The summed E-state index contributed by atoms with van der Waals surface area (Å²) in [5, 5.41) is 0. The van der Waals surface area contributed by atoms with Gasteiger partial charge in [0.05, 0.1) is 0 Å². The van der Waals surface area contributed by atoms with E-state index in [9.17, 15) is 4.39 Å². The van der Waals surface area contributed by atoms with Crippen LogP contribution in [0.25, 0.3) is 0 Å². The summed E-state index contributed by atoms with van der Waals surface area (Å²) < 4.78 is 12.9. The molecule has 0 aliphatic heterocycles. The Hall–Kier alpha value is -0.930.